The summed E-state index contributed by atoms with van der Waals surface area (Å²) >= 11 is 0. The van der Waals surface area contributed by atoms with Crippen LogP contribution in [0.25, 0.3) is 11.3 Å². The number of anilines is 1. The van der Waals surface area contributed by atoms with Crippen molar-refractivity contribution >= 4 is 5.69 Å². The molecule has 100 valence electrons. The highest BCUT2D eigenvalue weighted by Gasteiger charge is 2.13. The van der Waals surface area contributed by atoms with E-state index >= 15 is 0 Å². The van der Waals surface area contributed by atoms with E-state index < -0.39 is 0 Å². The van der Waals surface area contributed by atoms with Gasteiger partial charge in [0.1, 0.15) is 0 Å². The second-order valence-electron chi connectivity index (χ2n) is 4.79. The molecule has 0 bridgehead atoms. The molecule has 1 heterocycles. The summed E-state index contributed by atoms with van der Waals surface area (Å²) in [5.41, 5.74) is 13.1. The molecule has 0 fully saturated rings. The fourth-order valence-corrected chi connectivity index (χ4v) is 2.53. The highest BCUT2D eigenvalue weighted by atomic mass is 14.7. The molecular formula is C17H22N2. The average molecular weight is 254 g/mol. The first-order valence-electron chi connectivity index (χ1n) is 7.06. The van der Waals surface area contributed by atoms with Crippen molar-refractivity contribution in [3.05, 3.63) is 47.2 Å². The minimum Gasteiger partial charge on any atom is -0.397 e. The number of nitrogens with two attached hydrogens (primary N) is 1. The van der Waals surface area contributed by atoms with Gasteiger partial charge in [0, 0.05) is 11.8 Å². The lowest BCUT2D eigenvalue weighted by molar-refractivity contribution is 1.04. The van der Waals surface area contributed by atoms with Crippen LogP contribution in [0, 0.1) is 0 Å². The number of pyridine rings is 1. The molecule has 0 saturated heterocycles. The molecule has 2 aromatic rings. The van der Waals surface area contributed by atoms with Crippen molar-refractivity contribution in [2.24, 2.45) is 0 Å². The molecule has 0 saturated carbocycles. The van der Waals surface area contributed by atoms with Crippen LogP contribution in [0.15, 0.2) is 30.5 Å². The number of aromatic nitrogens is 1. The van der Waals surface area contributed by atoms with E-state index in [1.54, 1.807) is 0 Å². The fourth-order valence-electron chi connectivity index (χ4n) is 2.53. The lowest BCUT2D eigenvalue weighted by Gasteiger charge is -2.16. The van der Waals surface area contributed by atoms with Crippen LogP contribution in [0.5, 0.6) is 0 Å². The van der Waals surface area contributed by atoms with E-state index in [2.05, 4.69) is 37.9 Å². The van der Waals surface area contributed by atoms with Gasteiger partial charge in [0.2, 0.25) is 0 Å². The number of hydrogen-bond acceptors (Lipinski definition) is 2. The summed E-state index contributed by atoms with van der Waals surface area (Å²) in [7, 11) is 0. The van der Waals surface area contributed by atoms with Gasteiger partial charge in [-0.2, -0.15) is 0 Å². The van der Waals surface area contributed by atoms with Gasteiger partial charge in [-0.05, 0) is 48.1 Å². The lowest BCUT2D eigenvalue weighted by Crippen LogP contribution is -2.01. The molecule has 0 aliphatic carbocycles. The highest BCUT2D eigenvalue weighted by Crippen LogP contribution is 2.32. The molecule has 0 aliphatic rings. The van der Waals surface area contributed by atoms with Crippen LogP contribution in [0.1, 0.15) is 37.5 Å². The third-order valence-corrected chi connectivity index (χ3v) is 3.61. The Morgan fingerprint density at radius 1 is 1.00 bits per heavy atom. The summed E-state index contributed by atoms with van der Waals surface area (Å²) in [5.74, 6) is 0. The Morgan fingerprint density at radius 2 is 1.63 bits per heavy atom. The van der Waals surface area contributed by atoms with Gasteiger partial charge >= 0.3 is 0 Å². The largest absolute Gasteiger partial charge is 0.397 e. The maximum absolute atomic E-state index is 6.11. The number of benzene rings is 1. The number of nitrogens with zero attached hydrogens (tertiary/aromatic N) is 1. The van der Waals surface area contributed by atoms with Gasteiger partial charge in [0.25, 0.3) is 0 Å². The molecular weight excluding hydrogens is 232 g/mol. The predicted molar refractivity (Wildman–Crippen MR) is 82.2 cm³/mol. The minimum absolute atomic E-state index is 0.760. The van der Waals surface area contributed by atoms with Crippen molar-refractivity contribution in [2.75, 3.05) is 5.73 Å². The maximum Gasteiger partial charge on any atom is 0.0936 e. The summed E-state index contributed by atoms with van der Waals surface area (Å²) in [6.45, 7) is 6.58. The zero-order valence-corrected chi connectivity index (χ0v) is 12.0. The molecule has 0 spiro atoms. The molecule has 0 aliphatic heterocycles. The summed E-state index contributed by atoms with van der Waals surface area (Å²) in [5, 5.41) is 0. The topological polar surface area (TPSA) is 38.9 Å². The molecule has 19 heavy (non-hydrogen) atoms. The molecule has 0 amide bonds. The van der Waals surface area contributed by atoms with E-state index in [1.807, 2.05) is 18.3 Å². The van der Waals surface area contributed by atoms with Gasteiger partial charge in [0.15, 0.2) is 0 Å². The van der Waals surface area contributed by atoms with Gasteiger partial charge in [-0.3, -0.25) is 4.98 Å². The van der Waals surface area contributed by atoms with Crippen molar-refractivity contribution in [3.8, 4) is 11.3 Å². The predicted octanol–water partition coefficient (Wildman–Crippen LogP) is 4.02. The van der Waals surface area contributed by atoms with E-state index in [4.69, 9.17) is 5.73 Å². The SMILES string of the molecule is CCc1cc(CC)c(-c2ncccc2N)c(CC)c1. The third kappa shape index (κ3) is 2.62. The molecule has 2 heteroatoms. The lowest BCUT2D eigenvalue weighted by atomic mass is 9.91. The van der Waals surface area contributed by atoms with Crippen LogP contribution in [0.3, 0.4) is 0 Å². The van der Waals surface area contributed by atoms with Gasteiger partial charge in [-0.25, -0.2) is 0 Å². The smallest absolute Gasteiger partial charge is 0.0936 e. The quantitative estimate of drug-likeness (QED) is 0.895. The number of nitrogen functional groups attached to an aromatic ring is 1. The van der Waals surface area contributed by atoms with Crippen LogP contribution in [0.2, 0.25) is 0 Å². The summed E-state index contributed by atoms with van der Waals surface area (Å²) < 4.78 is 0. The van der Waals surface area contributed by atoms with Crippen molar-refractivity contribution in [2.45, 2.75) is 40.0 Å². The van der Waals surface area contributed by atoms with Crippen LogP contribution >= 0.6 is 0 Å². The zero-order valence-electron chi connectivity index (χ0n) is 12.0. The number of hydrogen-bond donors (Lipinski definition) is 1. The second-order valence-corrected chi connectivity index (χ2v) is 4.79. The average Bonchev–Trinajstić information content (AvgIpc) is 2.46. The summed E-state index contributed by atoms with van der Waals surface area (Å²) in [4.78, 5) is 4.50. The van der Waals surface area contributed by atoms with Crippen molar-refractivity contribution in [1.82, 2.24) is 4.98 Å². The Labute approximate surface area is 115 Å². The van der Waals surface area contributed by atoms with Crippen LogP contribution < -0.4 is 5.73 Å². The first kappa shape index (κ1) is 13.6. The van der Waals surface area contributed by atoms with Crippen molar-refractivity contribution in [3.63, 3.8) is 0 Å². The minimum atomic E-state index is 0.760. The van der Waals surface area contributed by atoms with Crippen LogP contribution in [0.4, 0.5) is 5.69 Å². The van der Waals surface area contributed by atoms with E-state index in [9.17, 15) is 0 Å². The number of aryl methyl sites for hydroxylation is 3. The molecule has 1 aromatic heterocycles. The normalized spacial score (nSPS) is 10.7. The molecule has 1 aromatic carbocycles. The standard InChI is InChI=1S/C17H22N2/c1-4-12-10-13(5-2)16(14(6-3)11-12)17-15(18)8-7-9-19-17/h7-11H,4-6,18H2,1-3H3. The van der Waals surface area contributed by atoms with Crippen molar-refractivity contribution < 1.29 is 0 Å². The Kier molecular flexibility index (Phi) is 4.20. The first-order valence-corrected chi connectivity index (χ1v) is 7.06. The second kappa shape index (κ2) is 5.87. The third-order valence-electron chi connectivity index (χ3n) is 3.61. The Balaban J connectivity index is 2.71. The van der Waals surface area contributed by atoms with Gasteiger partial charge in [-0.1, -0.05) is 32.9 Å². The van der Waals surface area contributed by atoms with Crippen LogP contribution in [-0.4, -0.2) is 4.98 Å². The Hall–Kier alpha value is -1.83. The zero-order chi connectivity index (χ0) is 13.8. The van der Waals surface area contributed by atoms with E-state index in [0.29, 0.717) is 0 Å². The fraction of sp³-hybridized carbons (Fsp3) is 0.353. The molecule has 0 unspecified atom stereocenters. The van der Waals surface area contributed by atoms with Crippen molar-refractivity contribution in [1.29, 1.82) is 0 Å². The van der Waals surface area contributed by atoms with Gasteiger partial charge in [0.05, 0.1) is 11.4 Å². The molecule has 2 N–H and O–H groups in total. The first-order chi connectivity index (χ1) is 9.21. The monoisotopic (exact) mass is 254 g/mol. The Bertz CT molecular complexity index is 548. The summed E-state index contributed by atoms with van der Waals surface area (Å²) in [6, 6.07) is 8.40. The summed E-state index contributed by atoms with van der Waals surface area (Å²) in [6.07, 6.45) is 4.90. The van der Waals surface area contributed by atoms with Gasteiger partial charge < -0.3 is 5.73 Å². The van der Waals surface area contributed by atoms with E-state index in [0.717, 1.165) is 30.6 Å². The van der Waals surface area contributed by atoms with Gasteiger partial charge in [-0.15, -0.1) is 0 Å². The molecule has 0 atom stereocenters. The molecule has 0 radical (unpaired) electrons. The van der Waals surface area contributed by atoms with E-state index in [-0.39, 0.29) is 0 Å². The Morgan fingerprint density at radius 3 is 2.11 bits per heavy atom. The highest BCUT2D eigenvalue weighted by molar-refractivity contribution is 5.78. The maximum atomic E-state index is 6.11. The number of rotatable bonds is 4. The van der Waals surface area contributed by atoms with Crippen LogP contribution in [-0.2, 0) is 19.3 Å². The van der Waals surface area contributed by atoms with E-state index in [1.165, 1.54) is 22.3 Å². The molecule has 2 nitrogen and oxygen atoms in total. The molecule has 2 rings (SSSR count).